The minimum Gasteiger partial charge on any atom is -0.508 e. The highest BCUT2D eigenvalue weighted by molar-refractivity contribution is 5.95. The monoisotopic (exact) mass is 495 g/mol. The minimum atomic E-state index is -1.66. The molecule has 0 heterocycles. The van der Waals surface area contributed by atoms with Crippen LogP contribution in [-0.4, -0.2) is 75.7 Å². The maximum absolute atomic E-state index is 13.0. The van der Waals surface area contributed by atoms with Crippen molar-refractivity contribution in [2.75, 3.05) is 6.61 Å². The number of carboxylic acid groups (broad SMARTS) is 1. The molecule has 13 heteroatoms. The number of aromatic hydroxyl groups is 1. The van der Waals surface area contributed by atoms with Crippen LogP contribution in [0, 0.1) is 5.92 Å². The molecule has 194 valence electrons. The van der Waals surface area contributed by atoms with Crippen LogP contribution in [0.25, 0.3) is 0 Å². The van der Waals surface area contributed by atoms with Crippen LogP contribution in [0.15, 0.2) is 24.3 Å². The first-order chi connectivity index (χ1) is 16.3. The van der Waals surface area contributed by atoms with Gasteiger partial charge in [-0.25, -0.2) is 4.79 Å². The smallest absolute Gasteiger partial charge is 0.326 e. The van der Waals surface area contributed by atoms with E-state index in [1.807, 2.05) is 19.2 Å². The van der Waals surface area contributed by atoms with Crippen LogP contribution >= 0.6 is 0 Å². The van der Waals surface area contributed by atoms with E-state index in [0.717, 1.165) is 0 Å². The molecule has 0 spiro atoms. The van der Waals surface area contributed by atoms with E-state index < -0.39 is 66.8 Å². The number of nitrogens with one attached hydrogen (secondary N) is 3. The quantitative estimate of drug-likeness (QED) is 0.138. The highest BCUT2D eigenvalue weighted by Crippen LogP contribution is 2.12. The summed E-state index contributed by atoms with van der Waals surface area (Å²) in [7, 11) is 0. The number of aliphatic hydroxyl groups is 1. The summed E-state index contributed by atoms with van der Waals surface area (Å²) in [5.41, 5.74) is 11.5. The Morgan fingerprint density at radius 3 is 1.89 bits per heavy atom. The van der Waals surface area contributed by atoms with E-state index in [2.05, 4.69) is 10.6 Å². The lowest BCUT2D eigenvalue weighted by atomic mass is 10.0. The van der Waals surface area contributed by atoms with Crippen LogP contribution in [-0.2, 0) is 30.4 Å². The zero-order valence-corrected chi connectivity index (χ0v) is 19.6. The number of benzene rings is 1. The molecule has 1 aromatic carbocycles. The number of aliphatic hydroxyl groups excluding tert-OH is 1. The summed E-state index contributed by atoms with van der Waals surface area (Å²) in [5, 5.41) is 35.0. The first kappa shape index (κ1) is 29.3. The average Bonchev–Trinajstić information content (AvgIpc) is 2.76. The number of aliphatic carboxylic acids is 1. The van der Waals surface area contributed by atoms with E-state index in [0.29, 0.717) is 12.0 Å². The number of carbonyl (C=O) groups is 5. The molecule has 0 radical (unpaired) electrons. The van der Waals surface area contributed by atoms with Gasteiger partial charge in [0.15, 0.2) is 0 Å². The molecular weight excluding hydrogens is 462 g/mol. The van der Waals surface area contributed by atoms with Gasteiger partial charge in [0.05, 0.1) is 19.1 Å². The number of phenols is 1. The molecule has 0 bridgehead atoms. The molecule has 35 heavy (non-hydrogen) atoms. The summed E-state index contributed by atoms with van der Waals surface area (Å²) in [4.78, 5) is 60.3. The van der Waals surface area contributed by atoms with Crippen LogP contribution in [0.3, 0.4) is 0 Å². The fourth-order valence-corrected chi connectivity index (χ4v) is 3.11. The summed E-state index contributed by atoms with van der Waals surface area (Å²) in [5.74, 6) is -4.91. The first-order valence-corrected chi connectivity index (χ1v) is 10.9. The third-order valence-corrected chi connectivity index (χ3v) is 4.91. The topological polar surface area (TPSA) is 234 Å². The number of rotatable bonds is 14. The van der Waals surface area contributed by atoms with Gasteiger partial charge in [0, 0.05) is 6.42 Å². The lowest BCUT2D eigenvalue weighted by Gasteiger charge is -2.24. The molecule has 13 nitrogen and oxygen atoms in total. The number of carbonyl (C=O) groups excluding carboxylic acids is 4. The number of hydrogen-bond donors (Lipinski definition) is 8. The predicted octanol–water partition coefficient (Wildman–Crippen LogP) is -2.29. The van der Waals surface area contributed by atoms with E-state index in [-0.39, 0.29) is 18.1 Å². The van der Waals surface area contributed by atoms with E-state index in [1.54, 1.807) is 0 Å². The van der Waals surface area contributed by atoms with Gasteiger partial charge in [-0.2, -0.15) is 0 Å². The number of nitrogens with two attached hydrogens (primary N) is 2. The van der Waals surface area contributed by atoms with Gasteiger partial charge >= 0.3 is 5.97 Å². The maximum atomic E-state index is 13.0. The Bertz CT molecular complexity index is 906. The second-order valence-corrected chi connectivity index (χ2v) is 8.48. The molecule has 0 saturated heterocycles. The van der Waals surface area contributed by atoms with Gasteiger partial charge in [-0.15, -0.1) is 0 Å². The number of phenolic OH excluding ortho intramolecular Hbond substituents is 1. The second kappa shape index (κ2) is 13.9. The van der Waals surface area contributed by atoms with E-state index in [9.17, 15) is 34.2 Å². The van der Waals surface area contributed by atoms with Crippen molar-refractivity contribution in [3.63, 3.8) is 0 Å². The van der Waals surface area contributed by atoms with E-state index in [1.165, 1.54) is 24.3 Å². The Kier molecular flexibility index (Phi) is 11.6. The molecule has 1 aromatic rings. The molecule has 0 aliphatic heterocycles. The highest BCUT2D eigenvalue weighted by Gasteiger charge is 2.30. The van der Waals surface area contributed by atoms with Crippen molar-refractivity contribution < 1.29 is 39.3 Å². The number of primary amides is 1. The van der Waals surface area contributed by atoms with Crippen molar-refractivity contribution in [1.29, 1.82) is 0 Å². The summed E-state index contributed by atoms with van der Waals surface area (Å²) in [6, 6.07) is 0.505. The zero-order chi connectivity index (χ0) is 26.7. The molecule has 0 aromatic heterocycles. The molecular formula is C22H33N5O8. The van der Waals surface area contributed by atoms with Gasteiger partial charge < -0.3 is 42.7 Å². The maximum Gasteiger partial charge on any atom is 0.326 e. The van der Waals surface area contributed by atoms with Crippen LogP contribution in [0.4, 0.5) is 0 Å². The van der Waals surface area contributed by atoms with Gasteiger partial charge in [0.1, 0.15) is 23.9 Å². The lowest BCUT2D eigenvalue weighted by Crippen LogP contribution is -2.58. The summed E-state index contributed by atoms with van der Waals surface area (Å²) >= 11 is 0. The van der Waals surface area contributed by atoms with E-state index >= 15 is 0 Å². The molecule has 4 amide bonds. The third-order valence-electron chi connectivity index (χ3n) is 4.91. The number of amides is 4. The average molecular weight is 496 g/mol. The predicted molar refractivity (Wildman–Crippen MR) is 124 cm³/mol. The Hall–Kier alpha value is -3.71. The first-order valence-electron chi connectivity index (χ1n) is 10.9. The van der Waals surface area contributed by atoms with Crippen molar-refractivity contribution in [1.82, 2.24) is 16.0 Å². The van der Waals surface area contributed by atoms with Crippen molar-refractivity contribution in [2.45, 2.75) is 57.3 Å². The van der Waals surface area contributed by atoms with Gasteiger partial charge in [0.25, 0.3) is 0 Å². The molecule has 0 aliphatic rings. The van der Waals surface area contributed by atoms with Crippen molar-refractivity contribution >= 4 is 29.6 Å². The third kappa shape index (κ3) is 10.4. The fraction of sp³-hybridized carbons (Fsp3) is 0.500. The molecule has 4 atom stereocenters. The molecule has 0 aliphatic carbocycles. The van der Waals surface area contributed by atoms with Crippen LogP contribution in [0.2, 0.25) is 0 Å². The molecule has 1 rings (SSSR count). The second-order valence-electron chi connectivity index (χ2n) is 8.48. The standard InChI is InChI=1S/C22H33N5O8/c1-11(2)7-14(23)19(31)25-15(8-12-3-5-13(29)6-4-12)20(32)27-17(10-28)21(33)26-16(22(34)35)9-18(24)30/h3-6,11,14-17,28-29H,7-10,23H2,1-2H3,(H2,24,30)(H,25,31)(H,26,33)(H,27,32)(H,34,35). The molecule has 0 fully saturated rings. The minimum absolute atomic E-state index is 0.00120. The van der Waals surface area contributed by atoms with Crippen molar-refractivity contribution in [2.24, 2.45) is 17.4 Å². The summed E-state index contributed by atoms with van der Waals surface area (Å²) in [6.07, 6.45) is -0.372. The van der Waals surface area contributed by atoms with Gasteiger partial charge in [-0.05, 0) is 30.0 Å². The van der Waals surface area contributed by atoms with Crippen LogP contribution < -0.4 is 27.4 Å². The van der Waals surface area contributed by atoms with E-state index in [4.69, 9.17) is 16.6 Å². The fourth-order valence-electron chi connectivity index (χ4n) is 3.11. The van der Waals surface area contributed by atoms with Crippen LogP contribution in [0.1, 0.15) is 32.3 Å². The van der Waals surface area contributed by atoms with Crippen molar-refractivity contribution in [3.8, 4) is 5.75 Å². The Morgan fingerprint density at radius 2 is 1.40 bits per heavy atom. The van der Waals surface area contributed by atoms with Gasteiger partial charge in [-0.3, -0.25) is 19.2 Å². The van der Waals surface area contributed by atoms with Gasteiger partial charge in [-0.1, -0.05) is 26.0 Å². The summed E-state index contributed by atoms with van der Waals surface area (Å²) in [6.45, 7) is 2.86. The van der Waals surface area contributed by atoms with Crippen molar-refractivity contribution in [3.05, 3.63) is 29.8 Å². The highest BCUT2D eigenvalue weighted by atomic mass is 16.4. The Morgan fingerprint density at radius 1 is 0.886 bits per heavy atom. The largest absolute Gasteiger partial charge is 0.508 e. The lowest BCUT2D eigenvalue weighted by molar-refractivity contribution is -0.144. The Labute approximate surface area is 202 Å². The SMILES string of the molecule is CC(C)CC(N)C(=O)NC(Cc1ccc(O)cc1)C(=O)NC(CO)C(=O)NC(CC(N)=O)C(=O)O. The van der Waals surface area contributed by atoms with Gasteiger partial charge in [0.2, 0.25) is 23.6 Å². The summed E-state index contributed by atoms with van der Waals surface area (Å²) < 4.78 is 0. The molecule has 10 N–H and O–H groups in total. The number of carboxylic acids is 1. The molecule has 0 saturated carbocycles. The zero-order valence-electron chi connectivity index (χ0n) is 19.6. The Balaban J connectivity index is 3.02. The van der Waals surface area contributed by atoms with Crippen LogP contribution in [0.5, 0.6) is 5.75 Å². The normalized spacial score (nSPS) is 14.3. The number of hydrogen-bond acceptors (Lipinski definition) is 8. The molecule has 4 unspecified atom stereocenters.